The molecule has 6 heterocycles. The maximum Gasteiger partial charge on any atom is 0.466 e. The van der Waals surface area contributed by atoms with Gasteiger partial charge in [-0.2, -0.15) is 0 Å². The van der Waals surface area contributed by atoms with Crippen LogP contribution in [-0.2, 0) is 22.0 Å². The largest absolute Gasteiger partial charge is 0.466 e. The Hall–Kier alpha value is -4.38. The summed E-state index contributed by atoms with van der Waals surface area (Å²) in [5, 5.41) is 16.0. The molecule has 0 atom stereocenters. The monoisotopic (exact) mass is 778 g/mol. The van der Waals surface area contributed by atoms with Crippen LogP contribution in [0.3, 0.4) is 0 Å². The fraction of sp³-hybridized carbons (Fsp3) is 0.268. The summed E-state index contributed by atoms with van der Waals surface area (Å²) < 4.78 is 17.1. The topological polar surface area (TPSA) is 106 Å². The summed E-state index contributed by atoms with van der Waals surface area (Å²) in [6, 6.07) is 12.5. The van der Waals surface area contributed by atoms with Crippen molar-refractivity contribution in [3.63, 3.8) is 0 Å². The first kappa shape index (κ1) is 37.2. The summed E-state index contributed by atoms with van der Waals surface area (Å²) in [5.41, 5.74) is 14.4. The molecule has 2 N–H and O–H groups in total. The molecule has 278 valence electrons. The fourth-order valence-electron chi connectivity index (χ4n) is 9.04. The molecule has 56 heavy (non-hydrogen) atoms. The Morgan fingerprint density at radius 2 is 1.71 bits per heavy atom. The van der Waals surface area contributed by atoms with Crippen LogP contribution in [0.4, 0.5) is 11.4 Å². The van der Waals surface area contributed by atoms with Crippen LogP contribution in [0.1, 0.15) is 88.0 Å². The van der Waals surface area contributed by atoms with E-state index in [2.05, 4.69) is 68.0 Å². The number of nitrogens with one attached hydrogen (secondary N) is 1. The molecule has 9 nitrogen and oxygen atoms in total. The number of hydrogen-bond acceptors (Lipinski definition) is 9. The molecule has 0 unspecified atom stereocenters. The van der Waals surface area contributed by atoms with E-state index < -0.39 is 28.3 Å². The maximum atomic E-state index is 11.6. The molecule has 9 rings (SSSR count). The number of aryl methyl sites for hydroxylation is 1. The Morgan fingerprint density at radius 3 is 2.50 bits per heavy atom. The van der Waals surface area contributed by atoms with Crippen LogP contribution in [0.5, 0.6) is 0 Å². The first-order valence-electron chi connectivity index (χ1n) is 19.7. The molecule has 0 radical (unpaired) electrons. The van der Waals surface area contributed by atoms with Crippen LogP contribution >= 0.6 is 23.2 Å². The summed E-state index contributed by atoms with van der Waals surface area (Å²) in [5.74, 6) is 0. The lowest BCUT2D eigenvalue weighted by Gasteiger charge is -2.46. The number of halogens is 2. The number of anilines is 2. The minimum absolute atomic E-state index is 0.478. The molecule has 1 saturated heterocycles. The van der Waals surface area contributed by atoms with Gasteiger partial charge in [-0.05, 0) is 82.9 Å². The van der Waals surface area contributed by atoms with Gasteiger partial charge in [0.05, 0.1) is 34.2 Å². The minimum Gasteiger partial charge on any atom is -0.450 e. The van der Waals surface area contributed by atoms with Gasteiger partial charge in [0.15, 0.2) is 0 Å². The van der Waals surface area contributed by atoms with Crippen LogP contribution in [0.15, 0.2) is 94.9 Å². The van der Waals surface area contributed by atoms with Gasteiger partial charge in [0, 0.05) is 27.5 Å². The molecule has 4 aromatic rings. The second kappa shape index (κ2) is 15.2. The third-order valence-electron chi connectivity index (χ3n) is 11.6. The Morgan fingerprint density at radius 1 is 0.946 bits per heavy atom. The second-order valence-corrected chi connectivity index (χ2v) is 15.4. The molecule has 1 aliphatic carbocycles. The highest BCUT2D eigenvalue weighted by Crippen LogP contribution is 2.46. The maximum absolute atomic E-state index is 11.6. The van der Waals surface area contributed by atoms with Crippen molar-refractivity contribution in [1.29, 1.82) is 0 Å². The number of rotatable bonds is 8. The van der Waals surface area contributed by atoms with E-state index in [-0.39, 0.29) is 0 Å². The van der Waals surface area contributed by atoms with Crippen LogP contribution in [0, 0.1) is 0 Å². The lowest BCUT2D eigenvalue weighted by Crippen LogP contribution is -2.72. The Kier molecular flexibility index (Phi) is 10.1. The Labute approximate surface area is 339 Å². The zero-order valence-electron chi connectivity index (χ0n) is 31.9. The summed E-state index contributed by atoms with van der Waals surface area (Å²) >= 11 is 13.9. The molecule has 4 aliphatic heterocycles. The lowest BCUT2D eigenvalue weighted by molar-refractivity contribution is 0.432. The molecular weight excluding hydrogens is 739 g/mol. The van der Waals surface area contributed by atoms with E-state index in [1.54, 1.807) is 12.7 Å². The number of allylic oxidation sites excluding steroid dienone is 10. The first-order chi connectivity index (χ1) is 27.4. The van der Waals surface area contributed by atoms with E-state index in [4.69, 9.17) is 52.3 Å². The lowest BCUT2D eigenvalue weighted by atomic mass is 9.48. The summed E-state index contributed by atoms with van der Waals surface area (Å²) in [7, 11) is -3.05. The molecule has 0 amide bonds. The zero-order valence-corrected chi connectivity index (χ0v) is 33.5. The molecule has 5 aliphatic rings. The van der Waals surface area contributed by atoms with Gasteiger partial charge in [0.2, 0.25) is 0 Å². The number of aromatic nitrogens is 4. The molecule has 0 saturated carbocycles. The smallest absolute Gasteiger partial charge is 0.450 e. The highest BCUT2D eigenvalue weighted by molar-refractivity contribution is 6.99. The predicted octanol–water partition coefficient (Wildman–Crippen LogP) is 7.32. The molecule has 15 heteroatoms. The second-order valence-electron chi connectivity index (χ2n) is 14.6. The van der Waals surface area contributed by atoms with E-state index in [1.165, 1.54) is 11.1 Å². The SMILES string of the molecule is CCC/C=C(\C(B1OB2c3c(CC)cccc3Cc3ncnc4c3N2B(O1)c1c(Cl)cccc1-4)=C(CC)CC)c1ncnc2c1NB(O)C1=C2CC=CC=C1Cl. The van der Waals surface area contributed by atoms with E-state index >= 15 is 0 Å². The number of fused-ring (bicyclic) bond motifs is 7. The Bertz CT molecular complexity index is 2430. The average Bonchev–Trinajstić information content (AvgIpc) is 3.50. The van der Waals surface area contributed by atoms with Gasteiger partial charge in [0.25, 0.3) is 0 Å². The van der Waals surface area contributed by atoms with E-state index in [1.807, 2.05) is 30.4 Å². The van der Waals surface area contributed by atoms with Crippen molar-refractivity contribution in [2.45, 2.75) is 72.6 Å². The van der Waals surface area contributed by atoms with Gasteiger partial charge in [-0.1, -0.05) is 111 Å². The van der Waals surface area contributed by atoms with Crippen molar-refractivity contribution in [3.05, 3.63) is 128 Å². The molecule has 0 spiro atoms. The van der Waals surface area contributed by atoms with Crippen molar-refractivity contribution in [3.8, 4) is 11.3 Å². The normalized spacial score (nSPS) is 16.6. The average molecular weight is 779 g/mol. The van der Waals surface area contributed by atoms with Gasteiger partial charge in [-0.15, -0.1) is 0 Å². The van der Waals surface area contributed by atoms with Crippen molar-refractivity contribution in [2.75, 3.05) is 9.95 Å². The van der Waals surface area contributed by atoms with Gasteiger partial charge in [-0.3, -0.25) is 0 Å². The standard InChI is InChI=1S/C41H40B4Cl2N6O3/c1-5-9-16-27(37-40-38(50-23-49-37)28-17-10-11-19-30(46)35(28)42(54)52-40)34(24(6-2)7-3)45-55-43-33-25(8-4)14-12-15-26(33)21-32-41-39(51-22-48-32)29-18-13-20-31(47)36(29)44(56-45)53(41)43/h10-16,18-20,22-23,52,54H,5-9,17,21H2,1-4H3/b27-16+. The van der Waals surface area contributed by atoms with E-state index in [9.17, 15) is 5.02 Å². The van der Waals surface area contributed by atoms with Crippen molar-refractivity contribution in [2.24, 2.45) is 0 Å². The van der Waals surface area contributed by atoms with Crippen molar-refractivity contribution in [1.82, 2.24) is 19.9 Å². The summed E-state index contributed by atoms with van der Waals surface area (Å²) in [4.78, 5) is 19.5. The van der Waals surface area contributed by atoms with Crippen LogP contribution in [0.25, 0.3) is 22.4 Å². The predicted molar refractivity (Wildman–Crippen MR) is 231 cm³/mol. The Balaban J connectivity index is 1.27. The van der Waals surface area contributed by atoms with E-state index in [0.29, 0.717) is 45.4 Å². The van der Waals surface area contributed by atoms with E-state index in [0.717, 1.165) is 87.9 Å². The molecule has 2 aromatic carbocycles. The molecule has 0 bridgehead atoms. The quantitative estimate of drug-likeness (QED) is 0.141. The third kappa shape index (κ3) is 5.93. The van der Waals surface area contributed by atoms with Crippen molar-refractivity contribution < 1.29 is 14.2 Å². The zero-order chi connectivity index (χ0) is 38.7. The van der Waals surface area contributed by atoms with Gasteiger partial charge in [0.1, 0.15) is 12.7 Å². The third-order valence-corrected chi connectivity index (χ3v) is 12.3. The number of nitrogens with zero attached hydrogens (tertiary/aromatic N) is 5. The number of unbranched alkanes of at least 4 members (excludes halogenated alkanes) is 1. The summed E-state index contributed by atoms with van der Waals surface area (Å²) in [6.45, 7) is 8.70. The van der Waals surface area contributed by atoms with Crippen molar-refractivity contribution >= 4 is 84.9 Å². The summed E-state index contributed by atoms with van der Waals surface area (Å²) in [6.07, 6.45) is 16.5. The van der Waals surface area contributed by atoms with Crippen LogP contribution in [-0.4, -0.2) is 53.2 Å². The molecule has 1 fully saturated rings. The highest BCUT2D eigenvalue weighted by Gasteiger charge is 2.56. The molecular formula is C41H40B4Cl2N6O3. The first-order valence-corrected chi connectivity index (χ1v) is 20.4. The van der Waals surface area contributed by atoms with Gasteiger partial charge >= 0.3 is 28.3 Å². The van der Waals surface area contributed by atoms with Gasteiger partial charge < -0.3 is 24.1 Å². The minimum atomic E-state index is -1.05. The van der Waals surface area contributed by atoms with Crippen LogP contribution < -0.4 is 20.9 Å². The number of benzene rings is 2. The van der Waals surface area contributed by atoms with Gasteiger partial charge in [-0.25, -0.2) is 19.9 Å². The fourth-order valence-corrected chi connectivity index (χ4v) is 9.60. The molecule has 2 aromatic heterocycles. The number of hydrogen-bond donors (Lipinski definition) is 2. The van der Waals surface area contributed by atoms with Crippen LogP contribution in [0.2, 0.25) is 5.02 Å². The highest BCUT2D eigenvalue weighted by atomic mass is 35.5.